The lowest BCUT2D eigenvalue weighted by Crippen LogP contribution is -2.48. The summed E-state index contributed by atoms with van der Waals surface area (Å²) in [5.74, 6) is 0.228. The Labute approximate surface area is 93.6 Å². The van der Waals surface area contributed by atoms with Gasteiger partial charge in [-0.25, -0.2) is 4.98 Å². The summed E-state index contributed by atoms with van der Waals surface area (Å²) in [5.41, 5.74) is 5.31. The van der Waals surface area contributed by atoms with Crippen molar-refractivity contribution in [3.8, 4) is 5.75 Å². The summed E-state index contributed by atoms with van der Waals surface area (Å²) in [7, 11) is 1.50. The van der Waals surface area contributed by atoms with Crippen LogP contribution < -0.4 is 10.5 Å². The van der Waals surface area contributed by atoms with Crippen molar-refractivity contribution in [3.05, 3.63) is 24.0 Å². The third-order valence-corrected chi connectivity index (χ3v) is 2.71. The zero-order chi connectivity index (χ0) is 11.6. The fourth-order valence-electron chi connectivity index (χ4n) is 1.72. The first-order valence-corrected chi connectivity index (χ1v) is 5.08. The summed E-state index contributed by atoms with van der Waals surface area (Å²) in [6.07, 6.45) is 2.07. The Morgan fingerprint density at radius 2 is 2.50 bits per heavy atom. The van der Waals surface area contributed by atoms with E-state index in [1.807, 2.05) is 0 Å². The van der Waals surface area contributed by atoms with E-state index in [0.29, 0.717) is 18.8 Å². The molecule has 2 heterocycles. The van der Waals surface area contributed by atoms with Gasteiger partial charge in [-0.3, -0.25) is 4.79 Å². The zero-order valence-electron chi connectivity index (χ0n) is 9.10. The van der Waals surface area contributed by atoms with Gasteiger partial charge >= 0.3 is 0 Å². The van der Waals surface area contributed by atoms with Crippen LogP contribution >= 0.6 is 0 Å². The van der Waals surface area contributed by atoms with Crippen molar-refractivity contribution in [2.45, 2.75) is 12.0 Å². The van der Waals surface area contributed by atoms with Gasteiger partial charge in [-0.1, -0.05) is 0 Å². The number of carbonyl (C=O) groups is 1. The molecule has 86 valence electrons. The first kappa shape index (κ1) is 11.0. The lowest BCUT2D eigenvalue weighted by Gasteiger charge is -2.20. The van der Waals surface area contributed by atoms with Crippen molar-refractivity contribution >= 4 is 5.78 Å². The Kier molecular flexibility index (Phi) is 2.89. The summed E-state index contributed by atoms with van der Waals surface area (Å²) in [6, 6.07) is 3.41. The van der Waals surface area contributed by atoms with Crippen LogP contribution in [0, 0.1) is 0 Å². The van der Waals surface area contributed by atoms with Crippen molar-refractivity contribution in [1.29, 1.82) is 0 Å². The number of nitrogens with two attached hydrogens (primary N) is 1. The number of carbonyl (C=O) groups excluding carboxylic acids is 1. The zero-order valence-corrected chi connectivity index (χ0v) is 9.10. The number of rotatable bonds is 3. The maximum Gasteiger partial charge on any atom is 0.207 e. The molecule has 1 aliphatic rings. The SMILES string of the molecule is COc1cccnc1C(=O)C1(N)CCOC1. The van der Waals surface area contributed by atoms with Gasteiger partial charge < -0.3 is 15.2 Å². The molecule has 0 aliphatic carbocycles. The largest absolute Gasteiger partial charge is 0.494 e. The minimum absolute atomic E-state index is 0.220. The Morgan fingerprint density at radius 1 is 1.69 bits per heavy atom. The molecular weight excluding hydrogens is 208 g/mol. The average molecular weight is 222 g/mol. The number of methoxy groups -OCH3 is 1. The van der Waals surface area contributed by atoms with Crippen molar-refractivity contribution in [2.24, 2.45) is 5.73 Å². The topological polar surface area (TPSA) is 74.4 Å². The molecule has 0 spiro atoms. The summed E-state index contributed by atoms with van der Waals surface area (Å²) in [4.78, 5) is 16.2. The molecule has 2 N–H and O–H groups in total. The lowest BCUT2D eigenvalue weighted by atomic mass is 9.92. The predicted molar refractivity (Wildman–Crippen MR) is 57.5 cm³/mol. The summed E-state index contributed by atoms with van der Waals surface area (Å²) in [6.45, 7) is 0.753. The summed E-state index contributed by atoms with van der Waals surface area (Å²) in [5, 5.41) is 0. The van der Waals surface area contributed by atoms with E-state index in [0.717, 1.165) is 0 Å². The van der Waals surface area contributed by atoms with Crippen molar-refractivity contribution in [1.82, 2.24) is 4.98 Å². The molecule has 0 radical (unpaired) electrons. The number of aromatic nitrogens is 1. The van der Waals surface area contributed by atoms with Gasteiger partial charge in [0.15, 0.2) is 0 Å². The van der Waals surface area contributed by atoms with Gasteiger partial charge in [-0.05, 0) is 18.6 Å². The van der Waals surface area contributed by atoms with Crippen molar-refractivity contribution in [2.75, 3.05) is 20.3 Å². The van der Waals surface area contributed by atoms with E-state index in [1.54, 1.807) is 18.3 Å². The highest BCUT2D eigenvalue weighted by molar-refractivity contribution is 6.03. The highest BCUT2D eigenvalue weighted by Gasteiger charge is 2.40. The van der Waals surface area contributed by atoms with Gasteiger partial charge in [0.2, 0.25) is 5.78 Å². The summed E-state index contributed by atoms with van der Waals surface area (Å²) < 4.78 is 10.3. The molecule has 1 unspecified atom stereocenters. The lowest BCUT2D eigenvalue weighted by molar-refractivity contribution is 0.0854. The van der Waals surface area contributed by atoms with E-state index in [2.05, 4.69) is 4.98 Å². The normalized spacial score (nSPS) is 24.4. The minimum Gasteiger partial charge on any atom is -0.494 e. The van der Waals surface area contributed by atoms with E-state index in [4.69, 9.17) is 15.2 Å². The molecule has 1 aliphatic heterocycles. The third kappa shape index (κ3) is 1.79. The molecule has 1 aromatic rings. The highest BCUT2D eigenvalue weighted by Crippen LogP contribution is 2.24. The molecule has 16 heavy (non-hydrogen) atoms. The number of hydrogen-bond acceptors (Lipinski definition) is 5. The number of pyridine rings is 1. The minimum atomic E-state index is -0.957. The number of hydrogen-bond donors (Lipinski definition) is 1. The quantitative estimate of drug-likeness (QED) is 0.749. The van der Waals surface area contributed by atoms with Crippen LogP contribution in [0.25, 0.3) is 0 Å². The van der Waals surface area contributed by atoms with Gasteiger partial charge in [-0.2, -0.15) is 0 Å². The number of nitrogens with zero attached hydrogens (tertiary/aromatic N) is 1. The van der Waals surface area contributed by atoms with E-state index in [-0.39, 0.29) is 18.1 Å². The molecule has 0 aromatic carbocycles. The summed E-state index contributed by atoms with van der Waals surface area (Å²) >= 11 is 0. The maximum absolute atomic E-state index is 12.2. The number of ketones is 1. The van der Waals surface area contributed by atoms with Gasteiger partial charge in [0.05, 0.1) is 13.7 Å². The van der Waals surface area contributed by atoms with E-state index in [9.17, 15) is 4.79 Å². The maximum atomic E-state index is 12.2. The predicted octanol–water partition coefficient (Wildman–Crippen LogP) is 0.391. The monoisotopic (exact) mass is 222 g/mol. The van der Waals surface area contributed by atoms with Crippen LogP contribution in [0.2, 0.25) is 0 Å². The van der Waals surface area contributed by atoms with Crippen LogP contribution in [-0.2, 0) is 4.74 Å². The van der Waals surface area contributed by atoms with Crippen LogP contribution in [0.15, 0.2) is 18.3 Å². The van der Waals surface area contributed by atoms with Crippen LogP contribution in [0.5, 0.6) is 5.75 Å². The molecule has 1 fully saturated rings. The molecule has 5 heteroatoms. The molecule has 1 aromatic heterocycles. The van der Waals surface area contributed by atoms with Gasteiger partial charge in [-0.15, -0.1) is 0 Å². The van der Waals surface area contributed by atoms with Gasteiger partial charge in [0.1, 0.15) is 17.0 Å². The smallest absolute Gasteiger partial charge is 0.207 e. The number of ether oxygens (including phenoxy) is 2. The van der Waals surface area contributed by atoms with Gasteiger partial charge in [0.25, 0.3) is 0 Å². The third-order valence-electron chi connectivity index (χ3n) is 2.71. The van der Waals surface area contributed by atoms with Crippen LogP contribution in [0.1, 0.15) is 16.9 Å². The average Bonchev–Trinajstić information content (AvgIpc) is 2.76. The van der Waals surface area contributed by atoms with E-state index >= 15 is 0 Å². The molecule has 5 nitrogen and oxygen atoms in total. The van der Waals surface area contributed by atoms with Crippen LogP contribution in [0.4, 0.5) is 0 Å². The Hall–Kier alpha value is -1.46. The molecular formula is C11H14N2O3. The first-order valence-electron chi connectivity index (χ1n) is 5.08. The van der Waals surface area contributed by atoms with Crippen LogP contribution in [0.3, 0.4) is 0 Å². The fourth-order valence-corrected chi connectivity index (χ4v) is 1.72. The Bertz CT molecular complexity index is 400. The van der Waals surface area contributed by atoms with E-state index < -0.39 is 5.54 Å². The molecule has 2 rings (SSSR count). The Balaban J connectivity index is 2.33. The highest BCUT2D eigenvalue weighted by atomic mass is 16.5. The van der Waals surface area contributed by atoms with Crippen LogP contribution in [-0.4, -0.2) is 36.6 Å². The van der Waals surface area contributed by atoms with Crippen molar-refractivity contribution in [3.63, 3.8) is 0 Å². The van der Waals surface area contributed by atoms with Crippen molar-refractivity contribution < 1.29 is 14.3 Å². The second-order valence-corrected chi connectivity index (χ2v) is 3.84. The second kappa shape index (κ2) is 4.19. The van der Waals surface area contributed by atoms with E-state index in [1.165, 1.54) is 7.11 Å². The number of Topliss-reactive ketones (excluding diaryl/α,β-unsaturated/α-hetero) is 1. The molecule has 0 saturated carbocycles. The second-order valence-electron chi connectivity index (χ2n) is 3.84. The van der Waals surface area contributed by atoms with Gasteiger partial charge in [0, 0.05) is 12.8 Å². The fraction of sp³-hybridized carbons (Fsp3) is 0.455. The molecule has 0 bridgehead atoms. The molecule has 1 saturated heterocycles. The molecule has 0 amide bonds. The Morgan fingerprint density at radius 3 is 3.12 bits per heavy atom. The molecule has 1 atom stereocenters. The first-order chi connectivity index (χ1) is 7.67. The standard InChI is InChI=1S/C11H14N2O3/c1-15-8-3-2-5-13-9(8)10(14)11(12)4-6-16-7-11/h2-3,5H,4,6-7,12H2,1H3.